The molecule has 1 nitrogen and oxygen atoms in total. The van der Waals surface area contributed by atoms with Gasteiger partial charge < -0.3 is 0 Å². The molecule has 4 aliphatic rings. The van der Waals surface area contributed by atoms with E-state index in [2.05, 4.69) is 6.58 Å². The highest BCUT2D eigenvalue weighted by Gasteiger charge is 2.50. The summed E-state index contributed by atoms with van der Waals surface area (Å²) in [6.45, 7) is 4.67. The molecule has 0 atom stereocenters. The quantitative estimate of drug-likeness (QED) is 0.608. The number of rotatable bonds is 3. The van der Waals surface area contributed by atoms with Gasteiger partial charge in [0.1, 0.15) is 0 Å². The minimum atomic E-state index is 0.406. The molecule has 0 aromatic heterocycles. The fourth-order valence-corrected chi connectivity index (χ4v) is 4.52. The highest BCUT2D eigenvalue weighted by Crippen LogP contribution is 2.55. The number of hydrogen-bond donors (Lipinski definition) is 0. The summed E-state index contributed by atoms with van der Waals surface area (Å²) in [5.74, 6) is 3.07. The Morgan fingerprint density at radius 1 is 1.07 bits per heavy atom. The van der Waals surface area contributed by atoms with E-state index in [0.29, 0.717) is 5.54 Å². The fraction of sp³-hybridized carbons (Fsp3) is 0.846. The molecular formula is C13H20N. The molecule has 0 saturated heterocycles. The van der Waals surface area contributed by atoms with Crippen LogP contribution in [-0.2, 0) is 0 Å². The van der Waals surface area contributed by atoms with Gasteiger partial charge in [0.05, 0.1) is 0 Å². The Labute approximate surface area is 87.0 Å². The van der Waals surface area contributed by atoms with E-state index in [9.17, 15) is 0 Å². The second kappa shape index (κ2) is 3.10. The zero-order valence-corrected chi connectivity index (χ0v) is 8.91. The van der Waals surface area contributed by atoms with Gasteiger partial charge in [0, 0.05) is 12.1 Å². The van der Waals surface area contributed by atoms with Gasteiger partial charge in [-0.15, -0.1) is 6.58 Å². The van der Waals surface area contributed by atoms with Gasteiger partial charge in [-0.1, -0.05) is 6.08 Å². The summed E-state index contributed by atoms with van der Waals surface area (Å²) in [6, 6.07) is 0. The number of nitrogens with zero attached hydrogens (tertiary/aromatic N) is 1. The summed E-state index contributed by atoms with van der Waals surface area (Å²) in [5, 5.41) is 4.92. The Balaban J connectivity index is 1.77. The molecule has 4 bridgehead atoms. The molecule has 0 heterocycles. The molecule has 0 aromatic carbocycles. The van der Waals surface area contributed by atoms with Crippen LogP contribution in [0.2, 0.25) is 0 Å². The van der Waals surface area contributed by atoms with Gasteiger partial charge in [0.15, 0.2) is 0 Å². The van der Waals surface area contributed by atoms with Crippen molar-refractivity contribution < 1.29 is 0 Å². The first-order valence-corrected chi connectivity index (χ1v) is 6.09. The first kappa shape index (κ1) is 8.96. The summed E-state index contributed by atoms with van der Waals surface area (Å²) < 4.78 is 0. The smallest absolute Gasteiger partial charge is 0.0368 e. The summed E-state index contributed by atoms with van der Waals surface area (Å²) in [5.41, 5.74) is 0.406. The second-order valence-corrected chi connectivity index (χ2v) is 5.77. The third-order valence-electron chi connectivity index (χ3n) is 4.56. The molecule has 1 heteroatoms. The predicted molar refractivity (Wildman–Crippen MR) is 58.1 cm³/mol. The van der Waals surface area contributed by atoms with Gasteiger partial charge in [-0.3, -0.25) is 0 Å². The van der Waals surface area contributed by atoms with E-state index in [4.69, 9.17) is 5.32 Å². The van der Waals surface area contributed by atoms with Crippen molar-refractivity contribution in [1.82, 2.24) is 5.32 Å². The van der Waals surface area contributed by atoms with Crippen LogP contribution in [0, 0.1) is 17.8 Å². The van der Waals surface area contributed by atoms with Crippen molar-refractivity contribution in [2.24, 2.45) is 17.8 Å². The average molecular weight is 190 g/mol. The molecule has 1 radical (unpaired) electrons. The summed E-state index contributed by atoms with van der Waals surface area (Å²) >= 11 is 0. The van der Waals surface area contributed by atoms with Crippen LogP contribution in [0.4, 0.5) is 0 Å². The van der Waals surface area contributed by atoms with Crippen LogP contribution < -0.4 is 5.32 Å². The van der Waals surface area contributed by atoms with Gasteiger partial charge >= 0.3 is 0 Å². The Hall–Kier alpha value is -0.300. The van der Waals surface area contributed by atoms with Crippen molar-refractivity contribution in [3.05, 3.63) is 12.7 Å². The van der Waals surface area contributed by atoms with E-state index in [0.717, 1.165) is 24.3 Å². The third-order valence-corrected chi connectivity index (χ3v) is 4.56. The van der Waals surface area contributed by atoms with Crippen LogP contribution in [0.1, 0.15) is 38.5 Å². The molecule has 0 spiro atoms. The van der Waals surface area contributed by atoms with Crippen molar-refractivity contribution in [1.29, 1.82) is 0 Å². The molecule has 0 amide bonds. The lowest BCUT2D eigenvalue weighted by Gasteiger charge is -2.56. The molecular weight excluding hydrogens is 170 g/mol. The van der Waals surface area contributed by atoms with E-state index in [-0.39, 0.29) is 0 Å². The van der Waals surface area contributed by atoms with Crippen LogP contribution in [-0.4, -0.2) is 12.1 Å². The maximum absolute atomic E-state index is 4.92. The van der Waals surface area contributed by atoms with Gasteiger partial charge in [-0.2, -0.15) is 0 Å². The topological polar surface area (TPSA) is 14.1 Å². The SMILES string of the molecule is C=CC[N]C12CC3CC(CC(C3)C1)C2. The zero-order chi connectivity index (χ0) is 9.60. The lowest BCUT2D eigenvalue weighted by atomic mass is 9.53. The molecule has 14 heavy (non-hydrogen) atoms. The Morgan fingerprint density at radius 3 is 2.00 bits per heavy atom. The van der Waals surface area contributed by atoms with Crippen molar-refractivity contribution >= 4 is 0 Å². The molecule has 4 rings (SSSR count). The maximum Gasteiger partial charge on any atom is 0.0368 e. The van der Waals surface area contributed by atoms with Gasteiger partial charge in [-0.05, 0) is 56.3 Å². The standard InChI is InChI=1S/C13H20N/c1-2-3-14-13-7-10-4-11(8-13)6-12(5-10)9-13/h2,10-12H,1,3-9H2. The summed E-state index contributed by atoms with van der Waals surface area (Å²) in [4.78, 5) is 0. The molecule has 0 N–H and O–H groups in total. The van der Waals surface area contributed by atoms with Crippen molar-refractivity contribution in [3.8, 4) is 0 Å². The normalized spacial score (nSPS) is 49.6. The predicted octanol–water partition coefficient (Wildman–Crippen LogP) is 2.75. The minimum absolute atomic E-state index is 0.406. The largest absolute Gasteiger partial charge is 0.231 e. The molecule has 4 aliphatic carbocycles. The van der Waals surface area contributed by atoms with Crippen LogP contribution >= 0.6 is 0 Å². The van der Waals surface area contributed by atoms with Gasteiger partial charge in [0.2, 0.25) is 0 Å². The Morgan fingerprint density at radius 2 is 1.57 bits per heavy atom. The van der Waals surface area contributed by atoms with E-state index in [1.807, 2.05) is 6.08 Å². The van der Waals surface area contributed by atoms with Crippen molar-refractivity contribution in [3.63, 3.8) is 0 Å². The molecule has 4 saturated carbocycles. The van der Waals surface area contributed by atoms with Crippen LogP contribution in [0.15, 0.2) is 12.7 Å². The highest BCUT2D eigenvalue weighted by molar-refractivity contribution is 5.06. The van der Waals surface area contributed by atoms with Gasteiger partial charge in [0.25, 0.3) is 0 Å². The zero-order valence-electron chi connectivity index (χ0n) is 8.91. The second-order valence-electron chi connectivity index (χ2n) is 5.77. The van der Waals surface area contributed by atoms with E-state index < -0.39 is 0 Å². The van der Waals surface area contributed by atoms with Crippen molar-refractivity contribution in [2.75, 3.05) is 6.54 Å². The Bertz CT molecular complexity index is 208. The average Bonchev–Trinajstić information content (AvgIpc) is 2.12. The first-order chi connectivity index (χ1) is 6.80. The van der Waals surface area contributed by atoms with E-state index in [1.165, 1.54) is 38.5 Å². The highest BCUT2D eigenvalue weighted by atomic mass is 15.0. The maximum atomic E-state index is 4.92. The van der Waals surface area contributed by atoms with Crippen LogP contribution in [0.25, 0.3) is 0 Å². The Kier molecular flexibility index (Phi) is 1.98. The van der Waals surface area contributed by atoms with Gasteiger partial charge in [-0.25, -0.2) is 5.32 Å². The number of hydrogen-bond acceptors (Lipinski definition) is 0. The molecule has 0 unspecified atom stereocenters. The third kappa shape index (κ3) is 1.33. The molecule has 0 aromatic rings. The van der Waals surface area contributed by atoms with E-state index >= 15 is 0 Å². The minimum Gasteiger partial charge on any atom is -0.231 e. The van der Waals surface area contributed by atoms with Crippen LogP contribution in [0.3, 0.4) is 0 Å². The van der Waals surface area contributed by atoms with Crippen LogP contribution in [0.5, 0.6) is 0 Å². The van der Waals surface area contributed by atoms with E-state index in [1.54, 1.807) is 0 Å². The lowest BCUT2D eigenvalue weighted by molar-refractivity contribution is -0.0198. The molecule has 77 valence electrons. The summed E-state index contributed by atoms with van der Waals surface area (Å²) in [6.07, 6.45) is 10.7. The summed E-state index contributed by atoms with van der Waals surface area (Å²) in [7, 11) is 0. The monoisotopic (exact) mass is 190 g/mol. The lowest BCUT2D eigenvalue weighted by Crippen LogP contribution is -2.55. The fourth-order valence-electron chi connectivity index (χ4n) is 4.52. The molecule has 4 fully saturated rings. The first-order valence-electron chi connectivity index (χ1n) is 6.09. The molecule has 0 aliphatic heterocycles. The van der Waals surface area contributed by atoms with Crippen molar-refractivity contribution in [2.45, 2.75) is 44.1 Å².